The first-order valence-electron chi connectivity index (χ1n) is 3.15. The second-order valence-corrected chi connectivity index (χ2v) is 2.52. The summed E-state index contributed by atoms with van der Waals surface area (Å²) in [5.74, 6) is 0. The second-order valence-electron chi connectivity index (χ2n) is 2.26. The van der Waals surface area contributed by atoms with Gasteiger partial charge in [0.1, 0.15) is 0 Å². The molecule has 0 bridgehead atoms. The molecule has 0 saturated carbocycles. The molecule has 0 aliphatic rings. The molecule has 54 valence electrons. The molecule has 1 aromatic rings. The number of rotatable bonds is 2. The van der Waals surface area contributed by atoms with E-state index < -0.39 is 0 Å². The summed E-state index contributed by atoms with van der Waals surface area (Å²) in [7, 11) is 0. The number of benzene rings is 1. The van der Waals surface area contributed by atoms with Crippen molar-refractivity contribution in [1.82, 2.24) is 0 Å². The minimum absolute atomic E-state index is 0.574. The Balaban J connectivity index is 2.75. The van der Waals surface area contributed by atoms with Crippen LogP contribution in [0.4, 0.5) is 0 Å². The zero-order valence-corrected chi connectivity index (χ0v) is 6.77. The van der Waals surface area contributed by atoms with Crippen molar-refractivity contribution in [3.63, 3.8) is 0 Å². The molecule has 0 aromatic heterocycles. The maximum Gasteiger partial charge on any atom is 0.0861 e. The fraction of sp³-hybridized carbons (Fsp3) is 0.250. The summed E-state index contributed by atoms with van der Waals surface area (Å²) in [5.41, 5.74) is 2.41. The SMILES string of the molecule is Cc1cccc(COS)c1. The van der Waals surface area contributed by atoms with E-state index in [4.69, 9.17) is 0 Å². The fourth-order valence-corrected chi connectivity index (χ4v) is 1.03. The Bertz CT molecular complexity index is 210. The van der Waals surface area contributed by atoms with Crippen molar-refractivity contribution < 1.29 is 4.18 Å². The molecular weight excluding hydrogens is 144 g/mol. The van der Waals surface area contributed by atoms with Gasteiger partial charge in [0.2, 0.25) is 0 Å². The first-order valence-corrected chi connectivity index (χ1v) is 3.51. The maximum atomic E-state index is 4.68. The normalized spacial score (nSPS) is 9.80. The summed E-state index contributed by atoms with van der Waals surface area (Å²) in [6.45, 7) is 2.63. The molecule has 0 amide bonds. The number of thiol groups is 1. The van der Waals surface area contributed by atoms with Crippen LogP contribution >= 0.6 is 12.9 Å². The lowest BCUT2D eigenvalue weighted by molar-refractivity contribution is 0.372. The third-order valence-electron chi connectivity index (χ3n) is 1.31. The molecule has 0 spiro atoms. The Hall–Kier alpha value is -0.470. The summed E-state index contributed by atoms with van der Waals surface area (Å²) in [5, 5.41) is 0. The lowest BCUT2D eigenvalue weighted by atomic mass is 10.1. The molecule has 1 rings (SSSR count). The Morgan fingerprint density at radius 3 is 2.90 bits per heavy atom. The van der Waals surface area contributed by atoms with E-state index >= 15 is 0 Å². The predicted molar refractivity (Wildman–Crippen MR) is 45.0 cm³/mol. The number of hydrogen-bond donors (Lipinski definition) is 1. The van der Waals surface area contributed by atoms with Gasteiger partial charge in [-0.15, -0.1) is 0 Å². The number of aryl methyl sites for hydroxylation is 1. The van der Waals surface area contributed by atoms with Gasteiger partial charge in [-0.05, 0) is 25.4 Å². The van der Waals surface area contributed by atoms with E-state index in [0.29, 0.717) is 6.61 Å². The molecule has 0 aliphatic carbocycles. The largest absolute Gasteiger partial charge is 0.314 e. The quantitative estimate of drug-likeness (QED) is 0.508. The van der Waals surface area contributed by atoms with Gasteiger partial charge in [-0.25, -0.2) is 0 Å². The monoisotopic (exact) mass is 154 g/mol. The van der Waals surface area contributed by atoms with Crippen LogP contribution in [-0.4, -0.2) is 0 Å². The molecule has 10 heavy (non-hydrogen) atoms. The average Bonchev–Trinajstić information content (AvgIpc) is 1.88. The van der Waals surface area contributed by atoms with Crippen LogP contribution < -0.4 is 0 Å². The summed E-state index contributed by atoms with van der Waals surface area (Å²) in [4.78, 5) is 0. The van der Waals surface area contributed by atoms with Crippen molar-refractivity contribution in [2.24, 2.45) is 0 Å². The minimum atomic E-state index is 0.574. The zero-order chi connectivity index (χ0) is 7.40. The fourth-order valence-electron chi connectivity index (χ4n) is 0.876. The first kappa shape index (κ1) is 7.63. The van der Waals surface area contributed by atoms with E-state index in [2.05, 4.69) is 36.1 Å². The molecule has 0 atom stereocenters. The molecule has 1 nitrogen and oxygen atoms in total. The standard InChI is InChI=1S/C8H10OS/c1-7-3-2-4-8(5-7)6-9-10/h2-5,10H,6H2,1H3. The van der Waals surface area contributed by atoms with Crippen molar-refractivity contribution >= 4 is 12.9 Å². The van der Waals surface area contributed by atoms with Gasteiger partial charge in [0.15, 0.2) is 0 Å². The van der Waals surface area contributed by atoms with Crippen molar-refractivity contribution in [3.8, 4) is 0 Å². The summed E-state index contributed by atoms with van der Waals surface area (Å²) >= 11 is 3.67. The zero-order valence-electron chi connectivity index (χ0n) is 5.87. The van der Waals surface area contributed by atoms with Gasteiger partial charge in [0.05, 0.1) is 6.61 Å². The summed E-state index contributed by atoms with van der Waals surface area (Å²) < 4.78 is 4.68. The molecule has 0 unspecified atom stereocenters. The van der Waals surface area contributed by atoms with E-state index in [9.17, 15) is 0 Å². The van der Waals surface area contributed by atoms with Gasteiger partial charge in [-0.3, -0.25) is 0 Å². The smallest absolute Gasteiger partial charge is 0.0861 e. The topological polar surface area (TPSA) is 9.23 Å². The highest BCUT2D eigenvalue weighted by Crippen LogP contribution is 2.05. The van der Waals surface area contributed by atoms with E-state index in [-0.39, 0.29) is 0 Å². The summed E-state index contributed by atoms with van der Waals surface area (Å²) in [6.07, 6.45) is 0. The van der Waals surface area contributed by atoms with Crippen LogP contribution in [-0.2, 0) is 10.8 Å². The van der Waals surface area contributed by atoms with Crippen LogP contribution in [0, 0.1) is 6.92 Å². The van der Waals surface area contributed by atoms with Gasteiger partial charge in [-0.1, -0.05) is 29.8 Å². The van der Waals surface area contributed by atoms with Crippen molar-refractivity contribution in [2.45, 2.75) is 13.5 Å². The third-order valence-corrected chi connectivity index (χ3v) is 1.44. The van der Waals surface area contributed by atoms with Gasteiger partial charge >= 0.3 is 0 Å². The van der Waals surface area contributed by atoms with Crippen molar-refractivity contribution in [3.05, 3.63) is 35.4 Å². The molecule has 0 radical (unpaired) electrons. The molecule has 0 aliphatic heterocycles. The van der Waals surface area contributed by atoms with E-state index in [0.717, 1.165) is 5.56 Å². The molecule has 0 fully saturated rings. The second kappa shape index (κ2) is 3.64. The highest BCUT2D eigenvalue weighted by Gasteiger charge is 1.89. The van der Waals surface area contributed by atoms with E-state index in [1.54, 1.807) is 0 Å². The molecular formula is C8H10OS. The Morgan fingerprint density at radius 1 is 1.50 bits per heavy atom. The van der Waals surface area contributed by atoms with Crippen LogP contribution in [0.5, 0.6) is 0 Å². The average molecular weight is 154 g/mol. The van der Waals surface area contributed by atoms with Gasteiger partial charge in [0.25, 0.3) is 0 Å². The minimum Gasteiger partial charge on any atom is -0.314 e. The van der Waals surface area contributed by atoms with E-state index in [1.165, 1.54) is 5.56 Å². The van der Waals surface area contributed by atoms with Crippen LogP contribution in [0.2, 0.25) is 0 Å². The highest BCUT2D eigenvalue weighted by atomic mass is 32.1. The maximum absolute atomic E-state index is 4.68. The third kappa shape index (κ3) is 2.05. The highest BCUT2D eigenvalue weighted by molar-refractivity contribution is 7.75. The molecule has 0 saturated heterocycles. The van der Waals surface area contributed by atoms with Gasteiger partial charge in [-0.2, -0.15) is 0 Å². The van der Waals surface area contributed by atoms with Crippen LogP contribution in [0.25, 0.3) is 0 Å². The number of hydrogen-bond acceptors (Lipinski definition) is 2. The van der Waals surface area contributed by atoms with Crippen molar-refractivity contribution in [2.75, 3.05) is 0 Å². The van der Waals surface area contributed by atoms with Crippen LogP contribution in [0.1, 0.15) is 11.1 Å². The van der Waals surface area contributed by atoms with Gasteiger partial charge < -0.3 is 4.18 Å². The lowest BCUT2D eigenvalue weighted by Gasteiger charge is -1.97. The molecule has 2 heteroatoms. The van der Waals surface area contributed by atoms with Crippen molar-refractivity contribution in [1.29, 1.82) is 0 Å². The van der Waals surface area contributed by atoms with Crippen LogP contribution in [0.15, 0.2) is 24.3 Å². The molecule has 0 heterocycles. The predicted octanol–water partition coefficient (Wildman–Crippen LogP) is 2.36. The molecule has 0 N–H and O–H groups in total. The van der Waals surface area contributed by atoms with Gasteiger partial charge in [0, 0.05) is 0 Å². The lowest BCUT2D eigenvalue weighted by Crippen LogP contribution is -1.83. The Kier molecular flexibility index (Phi) is 2.78. The van der Waals surface area contributed by atoms with E-state index in [1.807, 2.05) is 12.1 Å². The summed E-state index contributed by atoms with van der Waals surface area (Å²) in [6, 6.07) is 8.17. The Morgan fingerprint density at radius 2 is 2.30 bits per heavy atom. The Labute approximate surface area is 66.6 Å². The first-order chi connectivity index (χ1) is 4.83. The molecule has 1 aromatic carbocycles. The van der Waals surface area contributed by atoms with Crippen LogP contribution in [0.3, 0.4) is 0 Å².